The molecule has 2 aromatic heterocycles. The molecule has 2 aromatic rings. The van der Waals surface area contributed by atoms with Gasteiger partial charge >= 0.3 is 0 Å². The Balaban J connectivity index is 2.36. The fourth-order valence-electron chi connectivity index (χ4n) is 1.44. The third-order valence-electron chi connectivity index (χ3n) is 2.41. The van der Waals surface area contributed by atoms with E-state index in [9.17, 15) is 0 Å². The van der Waals surface area contributed by atoms with Crippen molar-refractivity contribution in [2.75, 3.05) is 0 Å². The van der Waals surface area contributed by atoms with E-state index >= 15 is 0 Å². The van der Waals surface area contributed by atoms with Gasteiger partial charge < -0.3 is 0 Å². The summed E-state index contributed by atoms with van der Waals surface area (Å²) >= 11 is 0. The van der Waals surface area contributed by atoms with Gasteiger partial charge in [0.2, 0.25) is 5.82 Å². The topological polar surface area (TPSA) is 47.5 Å². The van der Waals surface area contributed by atoms with Gasteiger partial charge in [0.15, 0.2) is 18.4 Å². The summed E-state index contributed by atoms with van der Waals surface area (Å²) in [5.74, 6) is 0.678. The van der Waals surface area contributed by atoms with Gasteiger partial charge in [-0.25, -0.2) is 4.57 Å². The van der Waals surface area contributed by atoms with E-state index < -0.39 is 0 Å². The Bertz CT molecular complexity index is 475. The highest BCUT2D eigenvalue weighted by Gasteiger charge is 2.11. The van der Waals surface area contributed by atoms with E-state index in [0.717, 1.165) is 12.1 Å². The third kappa shape index (κ3) is 2.08. The first-order valence-corrected chi connectivity index (χ1v) is 5.49. The van der Waals surface area contributed by atoms with Gasteiger partial charge in [-0.05, 0) is 32.1 Å². The molecular weight excluding hydrogens is 202 g/mol. The van der Waals surface area contributed by atoms with Crippen molar-refractivity contribution >= 4 is 0 Å². The van der Waals surface area contributed by atoms with Crippen LogP contribution in [0.1, 0.15) is 26.8 Å². The Morgan fingerprint density at radius 3 is 2.88 bits per heavy atom. The smallest absolute Gasteiger partial charge is 0.202 e. The predicted octanol–water partition coefficient (Wildman–Crippen LogP) is 1.23. The zero-order chi connectivity index (χ0) is 11.5. The zero-order valence-electron chi connectivity index (χ0n) is 9.83. The maximum absolute atomic E-state index is 4.28. The monoisotopic (exact) mass is 218 g/mol. The molecule has 5 heteroatoms. The fourth-order valence-corrected chi connectivity index (χ4v) is 1.44. The molecule has 16 heavy (non-hydrogen) atoms. The van der Waals surface area contributed by atoms with Crippen LogP contribution in [0.25, 0.3) is 11.4 Å². The van der Waals surface area contributed by atoms with E-state index in [1.165, 1.54) is 0 Å². The summed E-state index contributed by atoms with van der Waals surface area (Å²) in [5.41, 5.74) is 0.996. The highest BCUT2D eigenvalue weighted by Crippen LogP contribution is 2.10. The molecule has 0 aliphatic carbocycles. The molecule has 0 aliphatic heterocycles. The first kappa shape index (κ1) is 10.7. The molecule has 0 saturated heterocycles. The van der Waals surface area contributed by atoms with Crippen LogP contribution in [0.4, 0.5) is 0 Å². The van der Waals surface area contributed by atoms with Gasteiger partial charge in [0, 0.05) is 6.07 Å². The minimum atomic E-state index is 0.432. The van der Waals surface area contributed by atoms with Gasteiger partial charge in [-0.3, -0.25) is 0 Å². The van der Waals surface area contributed by atoms with Crippen LogP contribution in [-0.2, 0) is 6.54 Å². The molecular formula is C11H16N5+. The molecule has 0 spiro atoms. The minimum Gasteiger partial charge on any atom is -0.202 e. The number of hydrogen-bond donors (Lipinski definition) is 0. The van der Waals surface area contributed by atoms with Gasteiger partial charge in [0.05, 0.1) is 12.1 Å². The number of hydrogen-bond acceptors (Lipinski definition) is 3. The summed E-state index contributed by atoms with van der Waals surface area (Å²) in [6, 6.07) is 4.43. The molecule has 0 atom stereocenters. The highest BCUT2D eigenvalue weighted by molar-refractivity contribution is 5.50. The van der Waals surface area contributed by atoms with E-state index in [1.807, 2.05) is 31.5 Å². The zero-order valence-corrected chi connectivity index (χ0v) is 9.83. The quantitative estimate of drug-likeness (QED) is 0.728. The molecule has 0 amide bonds. The summed E-state index contributed by atoms with van der Waals surface area (Å²) in [6.07, 6.45) is 4.08. The lowest BCUT2D eigenvalue weighted by atomic mass is 10.2. The second kappa shape index (κ2) is 4.38. The van der Waals surface area contributed by atoms with Crippen molar-refractivity contribution in [1.82, 2.24) is 20.2 Å². The van der Waals surface area contributed by atoms with Gasteiger partial charge in [-0.2, -0.15) is 4.80 Å². The number of rotatable bonds is 3. The molecule has 2 rings (SSSR count). The Kier molecular flexibility index (Phi) is 2.94. The molecule has 84 valence electrons. The number of pyridine rings is 1. The molecule has 0 unspecified atom stereocenters. The maximum atomic E-state index is 4.28. The molecule has 0 aromatic carbocycles. The van der Waals surface area contributed by atoms with Gasteiger partial charge in [-0.15, -0.1) is 10.2 Å². The van der Waals surface area contributed by atoms with Crippen molar-refractivity contribution in [2.24, 2.45) is 0 Å². The van der Waals surface area contributed by atoms with Crippen LogP contribution in [0.15, 0.2) is 24.5 Å². The number of aryl methyl sites for hydroxylation is 1. The Morgan fingerprint density at radius 1 is 1.44 bits per heavy atom. The van der Waals surface area contributed by atoms with Gasteiger partial charge in [0.25, 0.3) is 0 Å². The summed E-state index contributed by atoms with van der Waals surface area (Å²) in [5, 5.41) is 12.3. The van der Waals surface area contributed by atoms with E-state index in [-0.39, 0.29) is 0 Å². The Labute approximate surface area is 94.7 Å². The molecule has 0 fully saturated rings. The number of tetrazole rings is 1. The standard InChI is InChI=1S/C11H16N5/c1-4-16-13-11(12-14-16)10-6-5-7-15(8-10)9(2)3/h5-9H,4H2,1-3H3/q+1. The lowest BCUT2D eigenvalue weighted by Crippen LogP contribution is -2.35. The average Bonchev–Trinajstić information content (AvgIpc) is 2.77. The van der Waals surface area contributed by atoms with Crippen LogP contribution >= 0.6 is 0 Å². The van der Waals surface area contributed by atoms with Crippen LogP contribution in [0.3, 0.4) is 0 Å². The molecule has 5 nitrogen and oxygen atoms in total. The lowest BCUT2D eigenvalue weighted by Gasteiger charge is -2.00. The van der Waals surface area contributed by atoms with Crippen molar-refractivity contribution in [3.8, 4) is 11.4 Å². The highest BCUT2D eigenvalue weighted by atomic mass is 15.6. The van der Waals surface area contributed by atoms with Crippen LogP contribution in [0.5, 0.6) is 0 Å². The molecule has 0 bridgehead atoms. The second-order valence-electron chi connectivity index (χ2n) is 3.94. The van der Waals surface area contributed by atoms with Crippen molar-refractivity contribution in [3.05, 3.63) is 24.5 Å². The van der Waals surface area contributed by atoms with Crippen LogP contribution in [-0.4, -0.2) is 20.2 Å². The molecule has 2 heterocycles. The van der Waals surface area contributed by atoms with Gasteiger partial charge in [0.1, 0.15) is 0 Å². The summed E-state index contributed by atoms with van der Waals surface area (Å²) in [4.78, 5) is 1.59. The van der Waals surface area contributed by atoms with Crippen molar-refractivity contribution in [1.29, 1.82) is 0 Å². The van der Waals surface area contributed by atoms with Crippen LogP contribution in [0, 0.1) is 0 Å². The van der Waals surface area contributed by atoms with Crippen molar-refractivity contribution in [3.63, 3.8) is 0 Å². The van der Waals surface area contributed by atoms with E-state index in [4.69, 9.17) is 0 Å². The lowest BCUT2D eigenvalue weighted by molar-refractivity contribution is -0.715. The summed E-state index contributed by atoms with van der Waals surface area (Å²) in [7, 11) is 0. The first-order valence-electron chi connectivity index (χ1n) is 5.49. The predicted molar refractivity (Wildman–Crippen MR) is 59.5 cm³/mol. The Morgan fingerprint density at radius 2 is 2.25 bits per heavy atom. The van der Waals surface area contributed by atoms with Crippen molar-refractivity contribution < 1.29 is 4.57 Å². The maximum Gasteiger partial charge on any atom is 0.210 e. The molecule has 0 radical (unpaired) electrons. The van der Waals surface area contributed by atoms with E-state index in [2.05, 4.69) is 33.8 Å². The van der Waals surface area contributed by atoms with E-state index in [0.29, 0.717) is 11.9 Å². The SMILES string of the molecule is CCn1nnc(-c2ccc[n+](C(C)C)c2)n1. The molecule has 0 saturated carbocycles. The number of nitrogens with zero attached hydrogens (tertiary/aromatic N) is 5. The third-order valence-corrected chi connectivity index (χ3v) is 2.41. The largest absolute Gasteiger partial charge is 0.210 e. The summed E-state index contributed by atoms with van der Waals surface area (Å²) < 4.78 is 2.13. The molecule has 0 aliphatic rings. The average molecular weight is 218 g/mol. The second-order valence-corrected chi connectivity index (χ2v) is 3.94. The van der Waals surface area contributed by atoms with Gasteiger partial charge in [-0.1, -0.05) is 0 Å². The fraction of sp³-hybridized carbons (Fsp3) is 0.455. The molecule has 0 N–H and O–H groups in total. The van der Waals surface area contributed by atoms with E-state index in [1.54, 1.807) is 4.80 Å². The Hall–Kier alpha value is -1.78. The van der Waals surface area contributed by atoms with Crippen LogP contribution < -0.4 is 4.57 Å². The first-order chi connectivity index (χ1) is 7.70. The summed E-state index contributed by atoms with van der Waals surface area (Å²) in [6.45, 7) is 7.01. The van der Waals surface area contributed by atoms with Crippen molar-refractivity contribution in [2.45, 2.75) is 33.4 Å². The number of aromatic nitrogens is 5. The normalized spacial score (nSPS) is 11.0. The van der Waals surface area contributed by atoms with Crippen LogP contribution in [0.2, 0.25) is 0 Å². The minimum absolute atomic E-state index is 0.432.